The summed E-state index contributed by atoms with van der Waals surface area (Å²) in [7, 11) is 0. The number of hydrogen-bond acceptors (Lipinski definition) is 3. The lowest BCUT2D eigenvalue weighted by Gasteiger charge is -2.36. The second-order valence-corrected chi connectivity index (χ2v) is 8.29. The zero-order chi connectivity index (χ0) is 22.8. The van der Waals surface area contributed by atoms with Gasteiger partial charge in [0.2, 0.25) is 0 Å². The van der Waals surface area contributed by atoms with Crippen molar-refractivity contribution in [2.24, 2.45) is 0 Å². The molecule has 0 bridgehead atoms. The molecule has 33 heavy (non-hydrogen) atoms. The van der Waals surface area contributed by atoms with E-state index >= 15 is 0 Å². The SMILES string of the molecule is Cc1ccc(-c2nn(-c3ccccc3)cc2C(=O)N2CCN(c3ccc(F)cc3)CC2)cc1. The van der Waals surface area contributed by atoms with Gasteiger partial charge in [-0.15, -0.1) is 0 Å². The van der Waals surface area contributed by atoms with E-state index in [0.29, 0.717) is 37.4 Å². The Morgan fingerprint density at radius 2 is 1.48 bits per heavy atom. The number of aryl methyl sites for hydroxylation is 1. The summed E-state index contributed by atoms with van der Waals surface area (Å²) in [4.78, 5) is 17.7. The number of anilines is 1. The van der Waals surface area contributed by atoms with E-state index in [1.807, 2.05) is 72.6 Å². The lowest BCUT2D eigenvalue weighted by Crippen LogP contribution is -2.48. The van der Waals surface area contributed by atoms with Gasteiger partial charge < -0.3 is 9.80 Å². The highest BCUT2D eigenvalue weighted by Crippen LogP contribution is 2.26. The van der Waals surface area contributed by atoms with Gasteiger partial charge >= 0.3 is 0 Å². The van der Waals surface area contributed by atoms with Crippen LogP contribution in [0.3, 0.4) is 0 Å². The predicted molar refractivity (Wildman–Crippen MR) is 128 cm³/mol. The molecule has 1 aliphatic heterocycles. The van der Waals surface area contributed by atoms with Gasteiger partial charge in [-0.1, -0.05) is 48.0 Å². The van der Waals surface area contributed by atoms with Crippen LogP contribution in [-0.2, 0) is 0 Å². The fourth-order valence-electron chi connectivity index (χ4n) is 4.16. The predicted octanol–water partition coefficient (Wildman–Crippen LogP) is 4.95. The molecule has 0 saturated carbocycles. The van der Waals surface area contributed by atoms with Crippen LogP contribution in [0.5, 0.6) is 0 Å². The standard InChI is InChI=1S/C27H25FN4O/c1-20-7-9-21(10-8-20)26-25(19-32(29-26)24-5-3-2-4-6-24)27(33)31-17-15-30(16-18-31)23-13-11-22(28)12-14-23/h2-14,19H,15-18H2,1H3. The van der Waals surface area contributed by atoms with Crippen LogP contribution >= 0.6 is 0 Å². The van der Waals surface area contributed by atoms with E-state index < -0.39 is 0 Å². The summed E-state index contributed by atoms with van der Waals surface area (Å²) in [6.07, 6.45) is 1.83. The van der Waals surface area contributed by atoms with Crippen LogP contribution in [0.2, 0.25) is 0 Å². The number of rotatable bonds is 4. The molecule has 0 atom stereocenters. The van der Waals surface area contributed by atoms with Gasteiger partial charge in [-0.3, -0.25) is 4.79 Å². The lowest BCUT2D eigenvalue weighted by atomic mass is 10.1. The quantitative estimate of drug-likeness (QED) is 0.451. The first-order chi connectivity index (χ1) is 16.1. The first-order valence-corrected chi connectivity index (χ1v) is 11.1. The Bertz CT molecular complexity index is 1240. The van der Waals surface area contributed by atoms with Crippen LogP contribution in [0, 0.1) is 12.7 Å². The van der Waals surface area contributed by atoms with Crippen molar-refractivity contribution < 1.29 is 9.18 Å². The smallest absolute Gasteiger partial charge is 0.257 e. The van der Waals surface area contributed by atoms with Crippen molar-refractivity contribution in [3.05, 3.63) is 102 Å². The number of carbonyl (C=O) groups is 1. The molecule has 1 aliphatic rings. The third-order valence-corrected chi connectivity index (χ3v) is 6.05. The van der Waals surface area contributed by atoms with Crippen LogP contribution in [0.25, 0.3) is 16.9 Å². The van der Waals surface area contributed by atoms with Crippen LogP contribution in [0.15, 0.2) is 85.1 Å². The highest BCUT2D eigenvalue weighted by atomic mass is 19.1. The molecule has 5 rings (SSSR count). The summed E-state index contributed by atoms with van der Waals surface area (Å²) in [6, 6.07) is 24.4. The van der Waals surface area contributed by atoms with Gasteiger partial charge in [0, 0.05) is 43.6 Å². The molecule has 1 aromatic heterocycles. The summed E-state index contributed by atoms with van der Waals surface area (Å²) in [5.41, 5.74) is 5.24. The summed E-state index contributed by atoms with van der Waals surface area (Å²) in [5.74, 6) is -0.266. The maximum Gasteiger partial charge on any atom is 0.257 e. The van der Waals surface area contributed by atoms with Gasteiger partial charge in [0.05, 0.1) is 11.3 Å². The first kappa shape index (κ1) is 20.9. The number of aromatic nitrogens is 2. The molecule has 5 nitrogen and oxygen atoms in total. The average molecular weight is 441 g/mol. The van der Waals surface area contributed by atoms with Crippen molar-refractivity contribution >= 4 is 11.6 Å². The maximum absolute atomic E-state index is 13.6. The lowest BCUT2D eigenvalue weighted by molar-refractivity contribution is 0.0747. The molecule has 1 fully saturated rings. The number of nitrogens with zero attached hydrogens (tertiary/aromatic N) is 4. The highest BCUT2D eigenvalue weighted by Gasteiger charge is 2.27. The van der Waals surface area contributed by atoms with E-state index in [4.69, 9.17) is 5.10 Å². The zero-order valence-corrected chi connectivity index (χ0v) is 18.5. The highest BCUT2D eigenvalue weighted by molar-refractivity contribution is 6.00. The second kappa shape index (κ2) is 8.90. The van der Waals surface area contributed by atoms with E-state index in [1.54, 1.807) is 16.8 Å². The Morgan fingerprint density at radius 1 is 0.818 bits per heavy atom. The van der Waals surface area contributed by atoms with Gasteiger partial charge in [-0.2, -0.15) is 5.10 Å². The second-order valence-electron chi connectivity index (χ2n) is 8.29. The molecular formula is C27H25FN4O. The number of hydrogen-bond donors (Lipinski definition) is 0. The van der Waals surface area contributed by atoms with Gasteiger partial charge in [0.15, 0.2) is 0 Å². The molecule has 3 aromatic carbocycles. The van der Waals surface area contributed by atoms with Gasteiger partial charge in [0.25, 0.3) is 5.91 Å². The number of halogens is 1. The molecule has 2 heterocycles. The molecule has 0 unspecified atom stereocenters. The Morgan fingerprint density at radius 3 is 2.15 bits per heavy atom. The molecule has 4 aromatic rings. The Kier molecular flexibility index (Phi) is 5.65. The number of piperazine rings is 1. The molecule has 1 amide bonds. The zero-order valence-electron chi connectivity index (χ0n) is 18.5. The third-order valence-electron chi connectivity index (χ3n) is 6.05. The fraction of sp³-hybridized carbons (Fsp3) is 0.185. The number of carbonyl (C=O) groups excluding carboxylic acids is 1. The summed E-state index contributed by atoms with van der Waals surface area (Å²) in [5, 5.41) is 4.79. The minimum Gasteiger partial charge on any atom is -0.368 e. The van der Waals surface area contributed by atoms with Gasteiger partial charge in [0.1, 0.15) is 11.5 Å². The van der Waals surface area contributed by atoms with Crippen LogP contribution in [-0.4, -0.2) is 46.8 Å². The molecule has 0 aliphatic carbocycles. The minimum atomic E-state index is -0.244. The van der Waals surface area contributed by atoms with Crippen LogP contribution < -0.4 is 4.90 Å². The van der Waals surface area contributed by atoms with E-state index in [1.165, 1.54) is 12.1 Å². The molecule has 6 heteroatoms. The van der Waals surface area contributed by atoms with Crippen molar-refractivity contribution in [3.8, 4) is 16.9 Å². The van der Waals surface area contributed by atoms with E-state index in [0.717, 1.165) is 22.5 Å². The average Bonchev–Trinajstić information content (AvgIpc) is 3.31. The largest absolute Gasteiger partial charge is 0.368 e. The summed E-state index contributed by atoms with van der Waals surface area (Å²) in [6.45, 7) is 4.63. The first-order valence-electron chi connectivity index (χ1n) is 11.1. The monoisotopic (exact) mass is 440 g/mol. The number of benzene rings is 3. The summed E-state index contributed by atoms with van der Waals surface area (Å²) >= 11 is 0. The van der Waals surface area contributed by atoms with Crippen molar-refractivity contribution in [1.29, 1.82) is 0 Å². The third kappa shape index (κ3) is 4.37. The Labute approximate surface area is 192 Å². The Balaban J connectivity index is 1.41. The van der Waals surface area contributed by atoms with E-state index in [9.17, 15) is 9.18 Å². The topological polar surface area (TPSA) is 41.4 Å². The van der Waals surface area contributed by atoms with E-state index in [2.05, 4.69) is 4.90 Å². The van der Waals surface area contributed by atoms with Crippen LogP contribution in [0.1, 0.15) is 15.9 Å². The fourth-order valence-corrected chi connectivity index (χ4v) is 4.16. The van der Waals surface area contributed by atoms with Crippen molar-refractivity contribution in [1.82, 2.24) is 14.7 Å². The minimum absolute atomic E-state index is 0.0217. The summed E-state index contributed by atoms with van der Waals surface area (Å²) < 4.78 is 15.0. The molecule has 0 radical (unpaired) electrons. The molecular weight excluding hydrogens is 415 g/mol. The molecule has 166 valence electrons. The van der Waals surface area contributed by atoms with Gasteiger partial charge in [-0.05, 0) is 43.3 Å². The van der Waals surface area contributed by atoms with E-state index in [-0.39, 0.29) is 11.7 Å². The Hall–Kier alpha value is -3.93. The molecule has 0 spiro atoms. The number of amides is 1. The van der Waals surface area contributed by atoms with Crippen molar-refractivity contribution in [2.75, 3.05) is 31.1 Å². The number of para-hydroxylation sites is 1. The molecule has 1 saturated heterocycles. The van der Waals surface area contributed by atoms with Crippen molar-refractivity contribution in [2.45, 2.75) is 6.92 Å². The van der Waals surface area contributed by atoms with Crippen LogP contribution in [0.4, 0.5) is 10.1 Å². The van der Waals surface area contributed by atoms with Crippen molar-refractivity contribution in [3.63, 3.8) is 0 Å². The normalized spacial score (nSPS) is 13.9. The molecule has 0 N–H and O–H groups in total. The maximum atomic E-state index is 13.6. The van der Waals surface area contributed by atoms with Gasteiger partial charge in [-0.25, -0.2) is 9.07 Å².